The van der Waals surface area contributed by atoms with E-state index in [9.17, 15) is 8.42 Å². The second-order valence-electron chi connectivity index (χ2n) is 5.19. The first-order valence-electron chi connectivity index (χ1n) is 6.77. The largest absolute Gasteiger partial charge is 1.00 e. The first-order valence-corrected chi connectivity index (χ1v) is 8.21. The minimum absolute atomic E-state index is 0. The quantitative estimate of drug-likeness (QED) is 0.558. The molecule has 3 aromatic rings. The van der Waals surface area contributed by atoms with Crippen LogP contribution in [0.25, 0.3) is 10.8 Å². The molecule has 0 saturated heterocycles. The fourth-order valence-electron chi connectivity index (χ4n) is 2.27. The molecule has 3 aromatic carbocycles. The van der Waals surface area contributed by atoms with Gasteiger partial charge in [-0.05, 0) is 54.1 Å². The summed E-state index contributed by atoms with van der Waals surface area (Å²) in [5.41, 5.74) is 3.09. The fraction of sp³-hybridized carbons (Fsp3) is 0.0588. The number of hydrogen-bond donors (Lipinski definition) is 2. The summed E-state index contributed by atoms with van der Waals surface area (Å²) in [7, 11) is -4.17. The van der Waals surface area contributed by atoms with Gasteiger partial charge in [0.15, 0.2) is 0 Å². The van der Waals surface area contributed by atoms with Crippen molar-refractivity contribution in [1.29, 1.82) is 0 Å². The third-order valence-electron chi connectivity index (χ3n) is 3.45. The Bertz CT molecular complexity index is 944. The van der Waals surface area contributed by atoms with E-state index >= 15 is 0 Å². The predicted octanol–water partition coefficient (Wildman–Crippen LogP) is 1.26. The SMILES string of the molecule is Cc1ccc(Nc2ccc3cc(S(=O)(=O)O)ccc3c2)cc1.[H-].[Na+]. The smallest absolute Gasteiger partial charge is 1.00 e. The van der Waals surface area contributed by atoms with Gasteiger partial charge in [-0.2, -0.15) is 8.42 Å². The maximum absolute atomic E-state index is 11.2. The van der Waals surface area contributed by atoms with Crippen molar-refractivity contribution < 1.29 is 44.0 Å². The molecule has 0 fully saturated rings. The van der Waals surface area contributed by atoms with Crippen LogP contribution in [0.3, 0.4) is 0 Å². The Kier molecular flexibility index (Phi) is 5.49. The molecule has 0 bridgehead atoms. The Morgan fingerprint density at radius 2 is 1.43 bits per heavy atom. The standard InChI is InChI=1S/C17H15NO3S.Na.H/c1-12-2-6-15(7-3-12)18-16-8-4-14-11-17(22(19,20)21)9-5-13(14)10-16;;/h2-11,18H,1H3,(H,19,20,21);;/q;+1;-1. The van der Waals surface area contributed by atoms with E-state index in [1.165, 1.54) is 17.7 Å². The number of fused-ring (bicyclic) bond motifs is 1. The summed E-state index contributed by atoms with van der Waals surface area (Å²) in [6.45, 7) is 2.03. The molecule has 0 amide bonds. The maximum atomic E-state index is 11.2. The van der Waals surface area contributed by atoms with Crippen LogP contribution in [-0.4, -0.2) is 13.0 Å². The summed E-state index contributed by atoms with van der Waals surface area (Å²) in [5, 5.41) is 4.95. The van der Waals surface area contributed by atoms with Crippen molar-refractivity contribution in [1.82, 2.24) is 0 Å². The number of anilines is 2. The number of hydrogen-bond acceptors (Lipinski definition) is 3. The molecule has 6 heteroatoms. The Hall–Kier alpha value is -1.37. The molecular weight excluding hydrogens is 321 g/mol. The van der Waals surface area contributed by atoms with Gasteiger partial charge < -0.3 is 6.74 Å². The van der Waals surface area contributed by atoms with Crippen LogP contribution in [0.15, 0.2) is 65.6 Å². The van der Waals surface area contributed by atoms with Crippen molar-refractivity contribution in [3.05, 3.63) is 66.2 Å². The summed E-state index contributed by atoms with van der Waals surface area (Å²) in [6.07, 6.45) is 0. The predicted molar refractivity (Wildman–Crippen MR) is 89.3 cm³/mol. The van der Waals surface area contributed by atoms with E-state index in [-0.39, 0.29) is 35.9 Å². The van der Waals surface area contributed by atoms with Crippen molar-refractivity contribution in [3.63, 3.8) is 0 Å². The molecule has 114 valence electrons. The normalized spacial score (nSPS) is 11.0. The third-order valence-corrected chi connectivity index (χ3v) is 4.30. The number of benzene rings is 3. The molecular formula is C17H16NNaO3S. The number of nitrogens with one attached hydrogen (secondary N) is 1. The van der Waals surface area contributed by atoms with Crippen LogP contribution in [0.4, 0.5) is 11.4 Å². The average Bonchev–Trinajstić information content (AvgIpc) is 2.48. The molecule has 0 spiro atoms. The Morgan fingerprint density at radius 3 is 2.09 bits per heavy atom. The number of rotatable bonds is 3. The molecule has 0 aliphatic heterocycles. The van der Waals surface area contributed by atoms with Gasteiger partial charge in [0.2, 0.25) is 0 Å². The van der Waals surface area contributed by atoms with Gasteiger partial charge in [-0.3, -0.25) is 4.55 Å². The molecule has 0 unspecified atom stereocenters. The first kappa shape index (κ1) is 18.0. The van der Waals surface area contributed by atoms with Crippen molar-refractivity contribution >= 4 is 32.3 Å². The van der Waals surface area contributed by atoms with Gasteiger partial charge >= 0.3 is 29.6 Å². The topological polar surface area (TPSA) is 66.4 Å². The van der Waals surface area contributed by atoms with E-state index in [1.54, 1.807) is 6.07 Å². The molecule has 0 atom stereocenters. The van der Waals surface area contributed by atoms with Crippen LogP contribution < -0.4 is 34.9 Å². The fourth-order valence-corrected chi connectivity index (χ4v) is 2.78. The Morgan fingerprint density at radius 1 is 0.870 bits per heavy atom. The van der Waals surface area contributed by atoms with E-state index in [1.807, 2.05) is 49.4 Å². The van der Waals surface area contributed by atoms with Crippen molar-refractivity contribution in [2.75, 3.05) is 5.32 Å². The summed E-state index contributed by atoms with van der Waals surface area (Å²) < 4.78 is 31.4. The molecule has 0 aliphatic carbocycles. The Labute approximate surface area is 159 Å². The second-order valence-corrected chi connectivity index (χ2v) is 6.61. The van der Waals surface area contributed by atoms with Gasteiger partial charge in [0.1, 0.15) is 0 Å². The second kappa shape index (κ2) is 7.03. The molecule has 0 aliphatic rings. The van der Waals surface area contributed by atoms with Crippen LogP contribution in [0, 0.1) is 6.92 Å². The molecule has 3 rings (SSSR count). The van der Waals surface area contributed by atoms with Gasteiger partial charge in [0, 0.05) is 11.4 Å². The van der Waals surface area contributed by atoms with Crippen LogP contribution in [0.1, 0.15) is 6.99 Å². The first-order chi connectivity index (χ1) is 10.4. The van der Waals surface area contributed by atoms with E-state index < -0.39 is 10.1 Å². The molecule has 0 radical (unpaired) electrons. The van der Waals surface area contributed by atoms with Gasteiger partial charge in [-0.25, -0.2) is 0 Å². The maximum Gasteiger partial charge on any atom is 1.00 e. The van der Waals surface area contributed by atoms with E-state index in [0.717, 1.165) is 22.1 Å². The molecule has 4 nitrogen and oxygen atoms in total. The minimum Gasteiger partial charge on any atom is -1.00 e. The van der Waals surface area contributed by atoms with Gasteiger partial charge in [-0.15, -0.1) is 0 Å². The summed E-state index contributed by atoms with van der Waals surface area (Å²) in [4.78, 5) is -0.0979. The zero-order valence-corrected chi connectivity index (χ0v) is 15.8. The molecule has 0 heterocycles. The van der Waals surface area contributed by atoms with Gasteiger partial charge in [-0.1, -0.05) is 29.8 Å². The van der Waals surface area contributed by atoms with E-state index in [0.29, 0.717) is 0 Å². The van der Waals surface area contributed by atoms with Crippen molar-refractivity contribution in [2.45, 2.75) is 11.8 Å². The van der Waals surface area contributed by atoms with Gasteiger partial charge in [0.05, 0.1) is 4.90 Å². The Balaban J connectivity index is 0.00000144. The van der Waals surface area contributed by atoms with Crippen LogP contribution in [0.2, 0.25) is 0 Å². The van der Waals surface area contributed by atoms with E-state index in [4.69, 9.17) is 4.55 Å². The van der Waals surface area contributed by atoms with Crippen molar-refractivity contribution in [3.8, 4) is 0 Å². The number of aryl methyl sites for hydroxylation is 1. The molecule has 0 saturated carbocycles. The third kappa shape index (κ3) is 4.34. The molecule has 0 aromatic heterocycles. The summed E-state index contributed by atoms with van der Waals surface area (Å²) >= 11 is 0. The zero-order chi connectivity index (χ0) is 15.7. The summed E-state index contributed by atoms with van der Waals surface area (Å²) in [6, 6.07) is 18.2. The van der Waals surface area contributed by atoms with Crippen LogP contribution >= 0.6 is 0 Å². The van der Waals surface area contributed by atoms with Gasteiger partial charge in [0.25, 0.3) is 10.1 Å². The van der Waals surface area contributed by atoms with Crippen LogP contribution in [-0.2, 0) is 10.1 Å². The molecule has 23 heavy (non-hydrogen) atoms. The molecule has 2 N–H and O–H groups in total. The van der Waals surface area contributed by atoms with E-state index in [2.05, 4.69) is 5.32 Å². The monoisotopic (exact) mass is 337 g/mol. The summed E-state index contributed by atoms with van der Waals surface area (Å²) in [5.74, 6) is 0. The minimum atomic E-state index is -4.17. The average molecular weight is 337 g/mol. The van der Waals surface area contributed by atoms with Crippen molar-refractivity contribution in [2.24, 2.45) is 0 Å². The van der Waals surface area contributed by atoms with Crippen LogP contribution in [0.5, 0.6) is 0 Å². The zero-order valence-electron chi connectivity index (χ0n) is 13.9.